The van der Waals surface area contributed by atoms with E-state index in [9.17, 15) is 0 Å². The quantitative estimate of drug-likeness (QED) is 0.487. The van der Waals surface area contributed by atoms with E-state index in [4.69, 9.17) is 0 Å². The number of hydrogen-bond acceptors (Lipinski definition) is 0. The van der Waals surface area contributed by atoms with Gasteiger partial charge in [0.1, 0.15) is 0 Å². The lowest BCUT2D eigenvalue weighted by Gasteiger charge is -2.22. The van der Waals surface area contributed by atoms with E-state index in [0.29, 0.717) is 5.41 Å². The van der Waals surface area contributed by atoms with Crippen LogP contribution in [0.3, 0.4) is 0 Å². The molecule has 0 aliphatic rings. The van der Waals surface area contributed by atoms with Gasteiger partial charge in [0.2, 0.25) is 0 Å². The fraction of sp³-hybridized carbons (Fsp3) is 1.00. The van der Waals surface area contributed by atoms with Crippen molar-refractivity contribution in [2.24, 2.45) is 11.3 Å². The molecule has 0 heteroatoms. The molecule has 0 spiro atoms. The molecule has 0 aromatic heterocycles. The minimum atomic E-state index is 0.581. The lowest BCUT2D eigenvalue weighted by Crippen LogP contribution is -2.08. The van der Waals surface area contributed by atoms with Crippen LogP contribution in [0.4, 0.5) is 0 Å². The summed E-state index contributed by atoms with van der Waals surface area (Å²) >= 11 is 0. The Labute approximate surface area is 85.1 Å². The summed E-state index contributed by atoms with van der Waals surface area (Å²) in [5.74, 6) is 0.888. The van der Waals surface area contributed by atoms with Crippen molar-refractivity contribution in [2.45, 2.75) is 73.1 Å². The Morgan fingerprint density at radius 2 is 1.62 bits per heavy atom. The maximum absolute atomic E-state index is 2.38. The highest BCUT2D eigenvalue weighted by Crippen LogP contribution is 2.27. The molecule has 80 valence electrons. The van der Waals surface area contributed by atoms with E-state index in [-0.39, 0.29) is 0 Å². The average molecular weight is 184 g/mol. The Bertz CT molecular complexity index is 111. The molecule has 0 fully saturated rings. The summed E-state index contributed by atoms with van der Waals surface area (Å²) in [6.07, 6.45) is 8.41. The van der Waals surface area contributed by atoms with Crippen LogP contribution < -0.4 is 0 Å². The Morgan fingerprint density at radius 3 is 2.08 bits per heavy atom. The lowest BCUT2D eigenvalue weighted by molar-refractivity contribution is 0.306. The summed E-state index contributed by atoms with van der Waals surface area (Å²) in [6.45, 7) is 11.7. The molecule has 13 heavy (non-hydrogen) atoms. The molecular weight excluding hydrogens is 156 g/mol. The first kappa shape index (κ1) is 13.0. The van der Waals surface area contributed by atoms with Crippen molar-refractivity contribution in [3.05, 3.63) is 0 Å². The summed E-state index contributed by atoms with van der Waals surface area (Å²) < 4.78 is 0. The summed E-state index contributed by atoms with van der Waals surface area (Å²) in [7, 11) is 0. The normalized spacial score (nSPS) is 12.5. The molecule has 0 amide bonds. The third kappa shape index (κ3) is 8.33. The zero-order valence-corrected chi connectivity index (χ0v) is 10.3. The largest absolute Gasteiger partial charge is 0.0649 e. The second kappa shape index (κ2) is 6.45. The van der Waals surface area contributed by atoms with Crippen molar-refractivity contribution in [1.29, 1.82) is 0 Å². The predicted octanol–water partition coefficient (Wildman–Crippen LogP) is 5.03. The van der Waals surface area contributed by atoms with Gasteiger partial charge in [-0.15, -0.1) is 0 Å². The molecule has 0 aliphatic carbocycles. The van der Waals surface area contributed by atoms with Gasteiger partial charge in [0.25, 0.3) is 0 Å². The molecule has 0 unspecified atom stereocenters. The molecule has 0 atom stereocenters. The van der Waals surface area contributed by atoms with Gasteiger partial charge in [-0.05, 0) is 17.8 Å². The molecule has 0 N–H and O–H groups in total. The molecule has 0 heterocycles. The van der Waals surface area contributed by atoms with Gasteiger partial charge in [-0.2, -0.15) is 0 Å². The molecule has 0 saturated heterocycles. The van der Waals surface area contributed by atoms with E-state index in [1.807, 2.05) is 0 Å². The van der Waals surface area contributed by atoms with Crippen LogP contribution in [0.1, 0.15) is 73.1 Å². The van der Waals surface area contributed by atoms with Gasteiger partial charge in [-0.25, -0.2) is 0 Å². The summed E-state index contributed by atoms with van der Waals surface area (Å²) in [5.41, 5.74) is 0.581. The van der Waals surface area contributed by atoms with Crippen molar-refractivity contribution >= 4 is 0 Å². The zero-order chi connectivity index (χ0) is 10.3. The molecule has 0 bridgehead atoms. The Morgan fingerprint density at radius 1 is 1.00 bits per heavy atom. The van der Waals surface area contributed by atoms with E-state index in [2.05, 4.69) is 34.6 Å². The number of rotatable bonds is 7. The minimum absolute atomic E-state index is 0.581. The van der Waals surface area contributed by atoms with Gasteiger partial charge in [-0.1, -0.05) is 66.7 Å². The first-order valence-electron chi connectivity index (χ1n) is 5.98. The van der Waals surface area contributed by atoms with Crippen LogP contribution in [-0.4, -0.2) is 0 Å². The Hall–Kier alpha value is 0. The van der Waals surface area contributed by atoms with Crippen LogP contribution in [-0.2, 0) is 0 Å². The Kier molecular flexibility index (Phi) is 6.45. The summed E-state index contributed by atoms with van der Waals surface area (Å²) in [5, 5.41) is 0. The average Bonchev–Trinajstić information content (AvgIpc) is 2.03. The molecule has 0 nitrogen and oxygen atoms in total. The van der Waals surface area contributed by atoms with Gasteiger partial charge in [-0.3, -0.25) is 0 Å². The monoisotopic (exact) mass is 184 g/mol. The first-order valence-corrected chi connectivity index (χ1v) is 5.98. The van der Waals surface area contributed by atoms with Gasteiger partial charge in [0.05, 0.1) is 0 Å². The second-order valence-corrected chi connectivity index (χ2v) is 5.51. The van der Waals surface area contributed by atoms with Gasteiger partial charge < -0.3 is 0 Å². The van der Waals surface area contributed by atoms with Crippen molar-refractivity contribution in [3.63, 3.8) is 0 Å². The Balaban J connectivity index is 3.26. The van der Waals surface area contributed by atoms with E-state index < -0.39 is 0 Å². The molecule has 0 aliphatic heterocycles. The SMILES string of the molecule is CCC(C)(C)CCCCCC(C)C. The van der Waals surface area contributed by atoms with E-state index in [1.54, 1.807) is 0 Å². The van der Waals surface area contributed by atoms with Gasteiger partial charge in [0.15, 0.2) is 0 Å². The van der Waals surface area contributed by atoms with E-state index in [0.717, 1.165) is 5.92 Å². The van der Waals surface area contributed by atoms with Gasteiger partial charge >= 0.3 is 0 Å². The van der Waals surface area contributed by atoms with Crippen LogP contribution >= 0.6 is 0 Å². The number of unbranched alkanes of at least 4 members (excludes halogenated alkanes) is 2. The van der Waals surface area contributed by atoms with Crippen molar-refractivity contribution in [1.82, 2.24) is 0 Å². The second-order valence-electron chi connectivity index (χ2n) is 5.51. The molecule has 0 saturated carbocycles. The summed E-state index contributed by atoms with van der Waals surface area (Å²) in [4.78, 5) is 0. The van der Waals surface area contributed by atoms with Crippen molar-refractivity contribution < 1.29 is 0 Å². The first-order chi connectivity index (χ1) is 5.98. The molecular formula is C13H28. The fourth-order valence-corrected chi connectivity index (χ4v) is 1.51. The van der Waals surface area contributed by atoms with Crippen LogP contribution in [0.25, 0.3) is 0 Å². The van der Waals surface area contributed by atoms with Crippen LogP contribution in [0.2, 0.25) is 0 Å². The molecule has 0 rings (SSSR count). The highest BCUT2D eigenvalue weighted by Gasteiger charge is 2.13. The summed E-state index contributed by atoms with van der Waals surface area (Å²) in [6, 6.07) is 0. The lowest BCUT2D eigenvalue weighted by atomic mass is 9.84. The number of hydrogen-bond donors (Lipinski definition) is 0. The van der Waals surface area contributed by atoms with E-state index >= 15 is 0 Å². The molecule has 0 aromatic rings. The standard InChI is InChI=1S/C13H28/c1-6-13(4,5)11-9-7-8-10-12(2)3/h12H,6-11H2,1-5H3. The maximum Gasteiger partial charge on any atom is -0.0357 e. The van der Waals surface area contributed by atoms with Crippen LogP contribution in [0, 0.1) is 11.3 Å². The molecule has 0 radical (unpaired) electrons. The smallest absolute Gasteiger partial charge is 0.0357 e. The van der Waals surface area contributed by atoms with Gasteiger partial charge in [0, 0.05) is 0 Å². The minimum Gasteiger partial charge on any atom is -0.0649 e. The van der Waals surface area contributed by atoms with E-state index in [1.165, 1.54) is 38.5 Å². The zero-order valence-electron chi connectivity index (χ0n) is 10.3. The maximum atomic E-state index is 2.38. The highest BCUT2D eigenvalue weighted by atomic mass is 14.2. The third-order valence-corrected chi connectivity index (χ3v) is 3.09. The molecule has 0 aromatic carbocycles. The predicted molar refractivity (Wildman–Crippen MR) is 62.0 cm³/mol. The van der Waals surface area contributed by atoms with Crippen molar-refractivity contribution in [2.75, 3.05) is 0 Å². The van der Waals surface area contributed by atoms with Crippen LogP contribution in [0.5, 0.6) is 0 Å². The highest BCUT2D eigenvalue weighted by molar-refractivity contribution is 4.65. The van der Waals surface area contributed by atoms with Crippen molar-refractivity contribution in [3.8, 4) is 0 Å². The third-order valence-electron chi connectivity index (χ3n) is 3.09. The van der Waals surface area contributed by atoms with Crippen LogP contribution in [0.15, 0.2) is 0 Å². The fourth-order valence-electron chi connectivity index (χ4n) is 1.51. The topological polar surface area (TPSA) is 0 Å².